The molecule has 0 aromatic heterocycles. The lowest BCUT2D eigenvalue weighted by Crippen LogP contribution is -2.08. The van der Waals surface area contributed by atoms with E-state index < -0.39 is 0 Å². The van der Waals surface area contributed by atoms with Crippen LogP contribution in [-0.2, 0) is 0 Å². The molecule has 0 aromatic rings. The highest BCUT2D eigenvalue weighted by Crippen LogP contribution is 2.32. The molecule has 0 saturated carbocycles. The van der Waals surface area contributed by atoms with Gasteiger partial charge in [0.05, 0.1) is 0 Å². The highest BCUT2D eigenvalue weighted by atomic mass is 28.1. The third-order valence-corrected chi connectivity index (χ3v) is 2.62. The molecule has 0 heterocycles. The molecule has 0 aliphatic heterocycles. The average Bonchev–Trinajstić information content (AvgIpc) is 1.56. The van der Waals surface area contributed by atoms with Crippen LogP contribution in [0.1, 0.15) is 41.5 Å². The van der Waals surface area contributed by atoms with Crippen molar-refractivity contribution in [1.29, 1.82) is 0 Å². The maximum absolute atomic E-state index is 2.39. The van der Waals surface area contributed by atoms with Gasteiger partial charge in [0.2, 0.25) is 0 Å². The fraction of sp³-hybridized carbons (Fsp3) is 0.800. The first-order chi connectivity index (χ1) is 4.63. The second kappa shape index (κ2) is 3.14. The van der Waals surface area contributed by atoms with Gasteiger partial charge in [-0.1, -0.05) is 46.3 Å². The molecule has 0 amide bonds. The van der Waals surface area contributed by atoms with Gasteiger partial charge < -0.3 is 0 Å². The summed E-state index contributed by atoms with van der Waals surface area (Å²) in [5.41, 5.74) is 1.88. The molecule has 0 radical (unpaired) electrons. The summed E-state index contributed by atoms with van der Waals surface area (Å²) >= 11 is 0. The average molecular weight is 170 g/mol. The maximum atomic E-state index is 2.39. The van der Waals surface area contributed by atoms with Gasteiger partial charge in [-0.25, -0.2) is 0 Å². The topological polar surface area (TPSA) is 0 Å². The van der Waals surface area contributed by atoms with E-state index >= 15 is 0 Å². The van der Waals surface area contributed by atoms with Gasteiger partial charge in [0, 0.05) is 10.2 Å². The zero-order valence-corrected chi connectivity index (χ0v) is 11.1. The number of hydrogen-bond donors (Lipinski definition) is 0. The summed E-state index contributed by atoms with van der Waals surface area (Å²) in [5, 5.41) is 0.466. The van der Waals surface area contributed by atoms with E-state index in [9.17, 15) is 0 Å². The van der Waals surface area contributed by atoms with Gasteiger partial charge in [-0.05, 0) is 17.4 Å². The van der Waals surface area contributed by atoms with E-state index in [2.05, 4.69) is 47.6 Å². The molecular formula is C10H22Si. The summed E-state index contributed by atoms with van der Waals surface area (Å²) in [6, 6.07) is 0. The molecule has 0 spiro atoms. The van der Waals surface area contributed by atoms with Crippen LogP contribution in [0, 0.1) is 5.41 Å². The maximum Gasteiger partial charge on any atom is 0.0150 e. The Balaban J connectivity index is 4.49. The molecule has 0 saturated heterocycles. The van der Waals surface area contributed by atoms with E-state index in [1.807, 2.05) is 0 Å². The predicted molar refractivity (Wildman–Crippen MR) is 57.2 cm³/mol. The SMILES string of the molecule is CC(=CC(C)(C)C)C(C)(C)[SiH3]. The molecule has 0 unspecified atom stereocenters. The normalized spacial score (nSPS) is 15.6. The molecule has 0 aliphatic carbocycles. The van der Waals surface area contributed by atoms with Crippen molar-refractivity contribution >= 4 is 10.2 Å². The first-order valence-electron chi connectivity index (χ1n) is 4.33. The Morgan fingerprint density at radius 1 is 1.09 bits per heavy atom. The third kappa shape index (κ3) is 5.25. The van der Waals surface area contributed by atoms with E-state index in [4.69, 9.17) is 0 Å². The Hall–Kier alpha value is -0.0431. The van der Waals surface area contributed by atoms with Gasteiger partial charge in [0.1, 0.15) is 0 Å². The Labute approximate surface area is 74.5 Å². The Kier molecular flexibility index (Phi) is 3.12. The fourth-order valence-electron chi connectivity index (χ4n) is 0.866. The quantitative estimate of drug-likeness (QED) is 0.419. The van der Waals surface area contributed by atoms with Crippen molar-refractivity contribution in [3.8, 4) is 0 Å². The van der Waals surface area contributed by atoms with Crippen LogP contribution in [0.25, 0.3) is 0 Å². The highest BCUT2D eigenvalue weighted by molar-refractivity contribution is 6.16. The summed E-state index contributed by atoms with van der Waals surface area (Å²) in [6.07, 6.45) is 2.39. The molecule has 66 valence electrons. The number of hydrogen-bond acceptors (Lipinski definition) is 0. The van der Waals surface area contributed by atoms with Crippen molar-refractivity contribution < 1.29 is 0 Å². The first kappa shape index (κ1) is 11.0. The minimum atomic E-state index is 0.339. The zero-order chi connectivity index (χ0) is 9.28. The van der Waals surface area contributed by atoms with Crippen LogP contribution in [0.3, 0.4) is 0 Å². The van der Waals surface area contributed by atoms with E-state index in [1.165, 1.54) is 15.8 Å². The summed E-state index contributed by atoms with van der Waals surface area (Å²) < 4.78 is 0. The first-order valence-corrected chi connectivity index (χ1v) is 5.33. The second-order valence-corrected chi connectivity index (χ2v) is 7.94. The summed E-state index contributed by atoms with van der Waals surface area (Å²) in [4.78, 5) is 0. The Morgan fingerprint density at radius 2 is 1.45 bits per heavy atom. The number of allylic oxidation sites excluding steroid dienone is 2. The van der Waals surface area contributed by atoms with Crippen molar-refractivity contribution in [2.24, 2.45) is 5.41 Å². The lowest BCUT2D eigenvalue weighted by atomic mass is 9.90. The van der Waals surface area contributed by atoms with Gasteiger partial charge in [0.25, 0.3) is 0 Å². The predicted octanol–water partition coefficient (Wildman–Crippen LogP) is 2.54. The van der Waals surface area contributed by atoms with Crippen LogP contribution < -0.4 is 0 Å². The van der Waals surface area contributed by atoms with Crippen molar-refractivity contribution in [2.45, 2.75) is 46.6 Å². The van der Waals surface area contributed by atoms with Gasteiger partial charge in [-0.3, -0.25) is 0 Å². The highest BCUT2D eigenvalue weighted by Gasteiger charge is 2.15. The third-order valence-electron chi connectivity index (χ3n) is 1.83. The van der Waals surface area contributed by atoms with E-state index in [0.29, 0.717) is 10.5 Å². The van der Waals surface area contributed by atoms with Crippen LogP contribution in [0.4, 0.5) is 0 Å². The lowest BCUT2D eigenvalue weighted by molar-refractivity contribution is 0.533. The van der Waals surface area contributed by atoms with Crippen LogP contribution in [0.2, 0.25) is 5.04 Å². The molecule has 1 heteroatoms. The van der Waals surface area contributed by atoms with Crippen LogP contribution >= 0.6 is 0 Å². The van der Waals surface area contributed by atoms with Crippen molar-refractivity contribution in [3.05, 3.63) is 11.6 Å². The molecule has 0 bridgehead atoms. The van der Waals surface area contributed by atoms with Gasteiger partial charge in [-0.15, -0.1) is 0 Å². The fourth-order valence-corrected chi connectivity index (χ4v) is 1.01. The molecule has 0 aromatic carbocycles. The van der Waals surface area contributed by atoms with Crippen LogP contribution in [-0.4, -0.2) is 10.2 Å². The van der Waals surface area contributed by atoms with Crippen molar-refractivity contribution in [2.75, 3.05) is 0 Å². The molecule has 0 fully saturated rings. The van der Waals surface area contributed by atoms with Crippen molar-refractivity contribution in [3.63, 3.8) is 0 Å². The molecule has 0 rings (SSSR count). The van der Waals surface area contributed by atoms with Crippen LogP contribution in [0.15, 0.2) is 11.6 Å². The molecular weight excluding hydrogens is 148 g/mol. The molecule has 0 N–H and O–H groups in total. The molecule has 0 nitrogen and oxygen atoms in total. The minimum Gasteiger partial charge on any atom is -0.0800 e. The Bertz CT molecular complexity index is 153. The van der Waals surface area contributed by atoms with Gasteiger partial charge in [0.15, 0.2) is 0 Å². The standard InChI is InChI=1S/C10H22Si/c1-8(10(5,6)11)7-9(2,3)4/h7H,1-6,11H3. The van der Waals surface area contributed by atoms with Gasteiger partial charge >= 0.3 is 0 Å². The molecule has 0 atom stereocenters. The second-order valence-electron chi connectivity index (χ2n) is 5.44. The Morgan fingerprint density at radius 3 is 1.55 bits per heavy atom. The summed E-state index contributed by atoms with van der Waals surface area (Å²) in [5.74, 6) is 0. The monoisotopic (exact) mass is 170 g/mol. The van der Waals surface area contributed by atoms with Crippen molar-refractivity contribution in [1.82, 2.24) is 0 Å². The summed E-state index contributed by atoms with van der Waals surface area (Å²) in [7, 11) is 1.24. The van der Waals surface area contributed by atoms with Gasteiger partial charge in [-0.2, -0.15) is 0 Å². The van der Waals surface area contributed by atoms with E-state index in [-0.39, 0.29) is 0 Å². The lowest BCUT2D eigenvalue weighted by Gasteiger charge is -2.23. The minimum absolute atomic E-state index is 0.339. The van der Waals surface area contributed by atoms with E-state index in [0.717, 1.165) is 0 Å². The summed E-state index contributed by atoms with van der Waals surface area (Å²) in [6.45, 7) is 13.6. The zero-order valence-electron chi connectivity index (χ0n) is 9.08. The molecule has 0 aliphatic rings. The molecule has 11 heavy (non-hydrogen) atoms. The largest absolute Gasteiger partial charge is 0.0800 e. The smallest absolute Gasteiger partial charge is 0.0150 e. The van der Waals surface area contributed by atoms with E-state index in [1.54, 1.807) is 0 Å². The number of rotatable bonds is 1. The van der Waals surface area contributed by atoms with Crippen LogP contribution in [0.5, 0.6) is 0 Å².